The maximum absolute atomic E-state index is 12.7. The number of nitrogens with zero attached hydrogens (tertiary/aromatic N) is 3. The molecule has 0 spiro atoms. The predicted molar refractivity (Wildman–Crippen MR) is 98.0 cm³/mol. The van der Waals surface area contributed by atoms with Crippen LogP contribution in [0.4, 0.5) is 0 Å². The van der Waals surface area contributed by atoms with Crippen LogP contribution < -0.4 is 14.2 Å². The Morgan fingerprint density at radius 2 is 2.07 bits per heavy atom. The molecule has 1 fully saturated rings. The van der Waals surface area contributed by atoms with Gasteiger partial charge in [-0.05, 0) is 44.4 Å². The smallest absolute Gasteiger partial charge is 0.231 e. The maximum Gasteiger partial charge on any atom is 0.231 e. The highest BCUT2D eigenvalue weighted by Gasteiger charge is 2.26. The zero-order valence-corrected chi connectivity index (χ0v) is 15.6. The fourth-order valence-corrected chi connectivity index (χ4v) is 3.51. The van der Waals surface area contributed by atoms with Gasteiger partial charge in [0, 0.05) is 18.3 Å². The number of hydrogen-bond acceptors (Lipinski definition) is 6. The van der Waals surface area contributed by atoms with Crippen molar-refractivity contribution in [1.82, 2.24) is 14.9 Å². The molecule has 4 rings (SSSR count). The fraction of sp³-hybridized carbons (Fsp3) is 0.450. The topological polar surface area (TPSA) is 73.8 Å². The number of aryl methyl sites for hydroxylation is 2. The monoisotopic (exact) mass is 369 g/mol. The molecule has 0 radical (unpaired) electrons. The quantitative estimate of drug-likeness (QED) is 0.824. The molecule has 2 aliphatic heterocycles. The highest BCUT2D eigenvalue weighted by molar-refractivity contribution is 5.79. The van der Waals surface area contributed by atoms with Crippen molar-refractivity contribution in [2.24, 2.45) is 0 Å². The third-order valence-electron chi connectivity index (χ3n) is 4.75. The van der Waals surface area contributed by atoms with Gasteiger partial charge in [0.2, 0.25) is 18.6 Å². The van der Waals surface area contributed by atoms with E-state index in [1.165, 1.54) is 0 Å². The second-order valence-corrected chi connectivity index (χ2v) is 6.98. The Morgan fingerprint density at radius 1 is 1.22 bits per heavy atom. The highest BCUT2D eigenvalue weighted by Crippen LogP contribution is 2.32. The third kappa shape index (κ3) is 4.13. The Bertz CT molecular complexity index is 835. The minimum atomic E-state index is -0.0480. The SMILES string of the molecule is Cc1cc(O[C@H]2CCCN(C(=O)Cc3ccc4c(c3)OCO4)C2)nc(C)n1. The van der Waals surface area contributed by atoms with E-state index in [4.69, 9.17) is 14.2 Å². The number of likely N-dealkylation sites (tertiary alicyclic amines) is 1. The molecule has 142 valence electrons. The summed E-state index contributed by atoms with van der Waals surface area (Å²) in [5.74, 6) is 2.80. The van der Waals surface area contributed by atoms with Crippen molar-refractivity contribution in [2.75, 3.05) is 19.9 Å². The first-order valence-corrected chi connectivity index (χ1v) is 9.22. The molecule has 7 heteroatoms. The number of rotatable bonds is 4. The molecule has 0 unspecified atom stereocenters. The van der Waals surface area contributed by atoms with Crippen LogP contribution in [0.2, 0.25) is 0 Å². The largest absolute Gasteiger partial charge is 0.472 e. The van der Waals surface area contributed by atoms with Gasteiger partial charge in [-0.25, -0.2) is 4.98 Å². The Labute approximate surface area is 158 Å². The van der Waals surface area contributed by atoms with Crippen LogP contribution in [-0.4, -0.2) is 46.8 Å². The molecule has 1 saturated heterocycles. The first kappa shape index (κ1) is 17.6. The lowest BCUT2D eigenvalue weighted by Gasteiger charge is -2.32. The van der Waals surface area contributed by atoms with Gasteiger partial charge in [-0.3, -0.25) is 4.79 Å². The minimum Gasteiger partial charge on any atom is -0.472 e. The van der Waals surface area contributed by atoms with Crippen molar-refractivity contribution in [3.8, 4) is 17.4 Å². The zero-order valence-electron chi connectivity index (χ0n) is 15.6. The van der Waals surface area contributed by atoms with Crippen LogP contribution in [0, 0.1) is 13.8 Å². The summed E-state index contributed by atoms with van der Waals surface area (Å²) in [6.07, 6.45) is 2.12. The molecule has 27 heavy (non-hydrogen) atoms. The number of amides is 1. The second kappa shape index (κ2) is 7.42. The van der Waals surface area contributed by atoms with Gasteiger partial charge in [0.15, 0.2) is 11.5 Å². The molecule has 1 aromatic carbocycles. The lowest BCUT2D eigenvalue weighted by molar-refractivity contribution is -0.133. The van der Waals surface area contributed by atoms with Crippen LogP contribution in [0.3, 0.4) is 0 Å². The van der Waals surface area contributed by atoms with Crippen molar-refractivity contribution in [1.29, 1.82) is 0 Å². The summed E-state index contributed by atoms with van der Waals surface area (Å²) in [6, 6.07) is 7.48. The summed E-state index contributed by atoms with van der Waals surface area (Å²) in [5.41, 5.74) is 1.80. The molecule has 7 nitrogen and oxygen atoms in total. The Morgan fingerprint density at radius 3 is 2.93 bits per heavy atom. The number of aromatic nitrogens is 2. The standard InChI is InChI=1S/C20H23N3O4/c1-13-8-19(22-14(2)21-13)27-16-4-3-7-23(11-16)20(24)10-15-5-6-17-18(9-15)26-12-25-17/h5-6,8-9,16H,3-4,7,10-12H2,1-2H3/t16-/m0/s1. The summed E-state index contributed by atoms with van der Waals surface area (Å²) < 4.78 is 16.7. The molecular weight excluding hydrogens is 346 g/mol. The highest BCUT2D eigenvalue weighted by atomic mass is 16.7. The van der Waals surface area contributed by atoms with Gasteiger partial charge in [-0.2, -0.15) is 4.98 Å². The van der Waals surface area contributed by atoms with Gasteiger partial charge in [-0.1, -0.05) is 6.07 Å². The van der Waals surface area contributed by atoms with Crippen molar-refractivity contribution >= 4 is 5.91 Å². The number of benzene rings is 1. The van der Waals surface area contributed by atoms with Crippen LogP contribution in [-0.2, 0) is 11.2 Å². The lowest BCUT2D eigenvalue weighted by atomic mass is 10.1. The van der Waals surface area contributed by atoms with Crippen LogP contribution in [0.15, 0.2) is 24.3 Å². The van der Waals surface area contributed by atoms with E-state index in [0.29, 0.717) is 30.4 Å². The van der Waals surface area contributed by atoms with Gasteiger partial charge < -0.3 is 19.1 Å². The van der Waals surface area contributed by atoms with Gasteiger partial charge in [0.05, 0.1) is 13.0 Å². The van der Waals surface area contributed by atoms with Crippen molar-refractivity contribution in [3.63, 3.8) is 0 Å². The molecule has 1 atom stereocenters. The first-order valence-electron chi connectivity index (χ1n) is 9.22. The molecule has 0 aliphatic carbocycles. The number of hydrogen-bond donors (Lipinski definition) is 0. The molecule has 1 aromatic heterocycles. The zero-order chi connectivity index (χ0) is 18.8. The Kier molecular flexibility index (Phi) is 4.83. The van der Waals surface area contributed by atoms with E-state index >= 15 is 0 Å². The molecule has 0 bridgehead atoms. The van der Waals surface area contributed by atoms with E-state index in [0.717, 1.165) is 36.4 Å². The van der Waals surface area contributed by atoms with Gasteiger partial charge in [-0.15, -0.1) is 0 Å². The number of piperidine rings is 1. The summed E-state index contributed by atoms with van der Waals surface area (Å²) in [5, 5.41) is 0. The van der Waals surface area contributed by atoms with E-state index in [1.54, 1.807) is 0 Å². The van der Waals surface area contributed by atoms with E-state index in [-0.39, 0.29) is 18.8 Å². The average Bonchev–Trinajstić information content (AvgIpc) is 3.09. The molecule has 2 aliphatic rings. The molecule has 0 saturated carbocycles. The van der Waals surface area contributed by atoms with Crippen LogP contribution in [0.25, 0.3) is 0 Å². The van der Waals surface area contributed by atoms with Gasteiger partial charge in [0.25, 0.3) is 0 Å². The lowest BCUT2D eigenvalue weighted by Crippen LogP contribution is -2.45. The summed E-state index contributed by atoms with van der Waals surface area (Å²) in [7, 11) is 0. The molecule has 3 heterocycles. The molecule has 0 N–H and O–H groups in total. The van der Waals surface area contributed by atoms with Gasteiger partial charge in [0.1, 0.15) is 11.9 Å². The molecule has 2 aromatic rings. The fourth-order valence-electron chi connectivity index (χ4n) is 3.51. The van der Waals surface area contributed by atoms with Crippen molar-refractivity contribution < 1.29 is 19.0 Å². The van der Waals surface area contributed by atoms with E-state index in [2.05, 4.69) is 9.97 Å². The average molecular weight is 369 g/mol. The second-order valence-electron chi connectivity index (χ2n) is 6.98. The van der Waals surface area contributed by atoms with E-state index < -0.39 is 0 Å². The predicted octanol–water partition coefficient (Wildman–Crippen LogP) is 2.43. The van der Waals surface area contributed by atoms with Crippen molar-refractivity contribution in [2.45, 2.75) is 39.2 Å². The van der Waals surface area contributed by atoms with E-state index in [1.807, 2.05) is 43.0 Å². The Balaban J connectivity index is 1.38. The summed E-state index contributed by atoms with van der Waals surface area (Å²) >= 11 is 0. The van der Waals surface area contributed by atoms with Crippen LogP contribution in [0.5, 0.6) is 17.4 Å². The Hall–Kier alpha value is -2.83. The summed E-state index contributed by atoms with van der Waals surface area (Å²) in [4.78, 5) is 23.2. The maximum atomic E-state index is 12.7. The summed E-state index contributed by atoms with van der Waals surface area (Å²) in [6.45, 7) is 5.34. The molecule has 1 amide bonds. The molecular formula is C20H23N3O4. The minimum absolute atomic E-state index is 0.0480. The normalized spacial score (nSPS) is 18.4. The number of carbonyl (C=O) groups is 1. The van der Waals surface area contributed by atoms with Crippen LogP contribution >= 0.6 is 0 Å². The van der Waals surface area contributed by atoms with Crippen LogP contribution in [0.1, 0.15) is 29.9 Å². The van der Waals surface area contributed by atoms with Crippen molar-refractivity contribution in [3.05, 3.63) is 41.3 Å². The number of carbonyl (C=O) groups excluding carboxylic acids is 1. The third-order valence-corrected chi connectivity index (χ3v) is 4.75. The number of ether oxygens (including phenoxy) is 3. The van der Waals surface area contributed by atoms with Gasteiger partial charge >= 0.3 is 0 Å². The number of fused-ring (bicyclic) bond motifs is 1. The van der Waals surface area contributed by atoms with E-state index in [9.17, 15) is 4.79 Å². The first-order chi connectivity index (χ1) is 13.1.